The van der Waals surface area contributed by atoms with Gasteiger partial charge in [0.25, 0.3) is 5.91 Å². The summed E-state index contributed by atoms with van der Waals surface area (Å²) in [5.41, 5.74) is 4.32. The van der Waals surface area contributed by atoms with Crippen LogP contribution in [0.15, 0.2) is 28.7 Å². The lowest BCUT2D eigenvalue weighted by atomic mass is 10.1. The topological polar surface area (TPSA) is 108 Å². The SMILES string of the molecule is Cc1nn(CCCNC(=O)c2cccc(Cn3nc(C)c([N+](=O)[O-])c3C)c2)c(C)c1Br. The molecule has 2 heterocycles. The predicted molar refractivity (Wildman–Crippen MR) is 120 cm³/mol. The Morgan fingerprint density at radius 3 is 2.45 bits per heavy atom. The molecular formula is C21H25BrN6O3. The molecule has 0 saturated carbocycles. The van der Waals surface area contributed by atoms with E-state index >= 15 is 0 Å². The number of carbonyl (C=O) groups is 1. The Morgan fingerprint density at radius 1 is 1.13 bits per heavy atom. The quantitative estimate of drug-likeness (QED) is 0.294. The first-order valence-electron chi connectivity index (χ1n) is 9.94. The van der Waals surface area contributed by atoms with Gasteiger partial charge in [-0.2, -0.15) is 10.2 Å². The fourth-order valence-corrected chi connectivity index (χ4v) is 3.80. The first kappa shape index (κ1) is 22.7. The summed E-state index contributed by atoms with van der Waals surface area (Å²) in [6, 6.07) is 7.22. The highest BCUT2D eigenvalue weighted by Crippen LogP contribution is 2.23. The molecule has 0 unspecified atom stereocenters. The molecule has 0 radical (unpaired) electrons. The largest absolute Gasteiger partial charge is 0.352 e. The summed E-state index contributed by atoms with van der Waals surface area (Å²) >= 11 is 3.52. The Kier molecular flexibility index (Phi) is 6.89. The highest BCUT2D eigenvalue weighted by molar-refractivity contribution is 9.10. The van der Waals surface area contributed by atoms with E-state index in [9.17, 15) is 14.9 Å². The van der Waals surface area contributed by atoms with Crippen molar-refractivity contribution in [2.45, 2.75) is 47.2 Å². The molecule has 1 N–H and O–H groups in total. The van der Waals surface area contributed by atoms with Gasteiger partial charge in [-0.3, -0.25) is 24.3 Å². The van der Waals surface area contributed by atoms with Crippen LogP contribution in [0.3, 0.4) is 0 Å². The molecule has 3 rings (SSSR count). The maximum atomic E-state index is 12.5. The lowest BCUT2D eigenvalue weighted by Gasteiger charge is -2.09. The first-order valence-corrected chi connectivity index (χ1v) is 10.7. The molecule has 1 aromatic carbocycles. The van der Waals surface area contributed by atoms with Crippen molar-refractivity contribution in [1.29, 1.82) is 0 Å². The Hall–Kier alpha value is -3.01. The van der Waals surface area contributed by atoms with Crippen LogP contribution in [0.25, 0.3) is 0 Å². The summed E-state index contributed by atoms with van der Waals surface area (Å²) < 4.78 is 4.54. The molecule has 0 atom stereocenters. The van der Waals surface area contributed by atoms with Crippen LogP contribution in [0.2, 0.25) is 0 Å². The molecular weight excluding hydrogens is 464 g/mol. The van der Waals surface area contributed by atoms with Crippen molar-refractivity contribution in [3.05, 3.63) is 72.8 Å². The zero-order valence-corrected chi connectivity index (χ0v) is 19.6. The molecule has 164 valence electrons. The summed E-state index contributed by atoms with van der Waals surface area (Å²) in [6.07, 6.45) is 0.759. The van der Waals surface area contributed by atoms with E-state index < -0.39 is 4.92 Å². The normalized spacial score (nSPS) is 11.0. The van der Waals surface area contributed by atoms with Gasteiger partial charge in [0.05, 0.1) is 21.6 Å². The number of nitrogens with zero attached hydrogens (tertiary/aromatic N) is 5. The Morgan fingerprint density at radius 2 is 1.84 bits per heavy atom. The van der Waals surface area contributed by atoms with Crippen molar-refractivity contribution in [1.82, 2.24) is 24.9 Å². The van der Waals surface area contributed by atoms with Crippen LogP contribution in [-0.2, 0) is 13.1 Å². The minimum Gasteiger partial charge on any atom is -0.352 e. The molecule has 3 aromatic rings. The van der Waals surface area contributed by atoms with E-state index in [2.05, 4.69) is 31.4 Å². The number of hydrogen-bond donors (Lipinski definition) is 1. The van der Waals surface area contributed by atoms with Gasteiger partial charge in [-0.05, 0) is 67.7 Å². The number of aromatic nitrogens is 4. The maximum absolute atomic E-state index is 12.5. The van der Waals surface area contributed by atoms with Crippen LogP contribution in [0.5, 0.6) is 0 Å². The highest BCUT2D eigenvalue weighted by atomic mass is 79.9. The van der Waals surface area contributed by atoms with Crippen molar-refractivity contribution >= 4 is 27.5 Å². The van der Waals surface area contributed by atoms with Crippen LogP contribution in [0, 0.1) is 37.8 Å². The van der Waals surface area contributed by atoms with Gasteiger partial charge in [-0.25, -0.2) is 0 Å². The van der Waals surface area contributed by atoms with Crippen molar-refractivity contribution in [3.63, 3.8) is 0 Å². The van der Waals surface area contributed by atoms with E-state index in [4.69, 9.17) is 0 Å². The second-order valence-electron chi connectivity index (χ2n) is 7.45. The van der Waals surface area contributed by atoms with Gasteiger partial charge in [0.1, 0.15) is 11.4 Å². The molecule has 0 spiro atoms. The third-order valence-electron chi connectivity index (χ3n) is 5.17. The van der Waals surface area contributed by atoms with E-state index in [0.717, 1.165) is 34.4 Å². The second kappa shape index (κ2) is 9.42. The maximum Gasteiger partial charge on any atom is 0.312 e. The third kappa shape index (κ3) is 5.01. The lowest BCUT2D eigenvalue weighted by Crippen LogP contribution is -2.25. The van der Waals surface area contributed by atoms with Gasteiger partial charge in [0, 0.05) is 24.3 Å². The summed E-state index contributed by atoms with van der Waals surface area (Å²) in [7, 11) is 0. The molecule has 0 aliphatic heterocycles. The van der Waals surface area contributed by atoms with Gasteiger partial charge in [-0.1, -0.05) is 12.1 Å². The lowest BCUT2D eigenvalue weighted by molar-refractivity contribution is -0.386. The molecule has 0 aliphatic carbocycles. The third-order valence-corrected chi connectivity index (χ3v) is 6.32. The second-order valence-corrected chi connectivity index (χ2v) is 8.24. The van der Waals surface area contributed by atoms with Crippen molar-refractivity contribution < 1.29 is 9.72 Å². The number of amides is 1. The monoisotopic (exact) mass is 488 g/mol. The number of halogens is 1. The van der Waals surface area contributed by atoms with Gasteiger partial charge in [0.15, 0.2) is 0 Å². The fraction of sp³-hybridized carbons (Fsp3) is 0.381. The Bertz CT molecular complexity index is 1130. The van der Waals surface area contributed by atoms with Gasteiger partial charge >= 0.3 is 5.69 Å². The number of nitro groups is 1. The first-order chi connectivity index (χ1) is 14.7. The zero-order chi connectivity index (χ0) is 22.7. The fourth-order valence-electron chi connectivity index (χ4n) is 3.52. The molecule has 0 aliphatic rings. The van der Waals surface area contributed by atoms with E-state index in [1.807, 2.05) is 24.6 Å². The average molecular weight is 489 g/mol. The van der Waals surface area contributed by atoms with Crippen molar-refractivity contribution in [2.75, 3.05) is 6.54 Å². The number of carbonyl (C=O) groups excluding carboxylic acids is 1. The minimum atomic E-state index is -0.414. The zero-order valence-electron chi connectivity index (χ0n) is 18.0. The molecule has 0 saturated heterocycles. The van der Waals surface area contributed by atoms with Gasteiger partial charge in [0.2, 0.25) is 0 Å². The van der Waals surface area contributed by atoms with E-state index in [-0.39, 0.29) is 11.6 Å². The summed E-state index contributed by atoms with van der Waals surface area (Å²) in [5, 5.41) is 22.9. The van der Waals surface area contributed by atoms with Crippen LogP contribution in [-0.4, -0.2) is 36.9 Å². The molecule has 1 amide bonds. The van der Waals surface area contributed by atoms with Gasteiger partial charge in [-0.15, -0.1) is 0 Å². The van der Waals surface area contributed by atoms with Crippen LogP contribution in [0.4, 0.5) is 5.69 Å². The molecule has 0 bridgehead atoms. The number of nitrogens with one attached hydrogen (secondary N) is 1. The number of aryl methyl sites for hydroxylation is 3. The van der Waals surface area contributed by atoms with E-state index in [1.54, 1.807) is 36.7 Å². The standard InChI is InChI=1S/C21H25BrN6O3/c1-13-19(22)15(3)26(24-13)10-6-9-23-21(29)18-8-5-7-17(11-18)12-27-16(4)20(28(30)31)14(2)25-27/h5,7-8,11H,6,9-10,12H2,1-4H3,(H,23,29). The molecule has 9 nitrogen and oxygen atoms in total. The van der Waals surface area contributed by atoms with Crippen molar-refractivity contribution in [2.24, 2.45) is 0 Å². The summed E-state index contributed by atoms with van der Waals surface area (Å²) in [4.78, 5) is 23.3. The highest BCUT2D eigenvalue weighted by Gasteiger charge is 2.21. The smallest absolute Gasteiger partial charge is 0.312 e. The minimum absolute atomic E-state index is 0.0311. The van der Waals surface area contributed by atoms with Crippen molar-refractivity contribution in [3.8, 4) is 0 Å². The summed E-state index contributed by atoms with van der Waals surface area (Å²) in [6.45, 7) is 8.86. The Balaban J connectivity index is 1.59. The predicted octanol–water partition coefficient (Wildman–Crippen LogP) is 3.85. The number of hydrogen-bond acceptors (Lipinski definition) is 5. The van der Waals surface area contributed by atoms with Crippen LogP contribution in [0.1, 0.15) is 45.1 Å². The Labute approximate surface area is 188 Å². The number of benzene rings is 1. The molecule has 2 aromatic heterocycles. The molecule has 31 heavy (non-hydrogen) atoms. The van der Waals surface area contributed by atoms with Crippen LogP contribution < -0.4 is 5.32 Å². The van der Waals surface area contributed by atoms with E-state index in [0.29, 0.717) is 30.0 Å². The van der Waals surface area contributed by atoms with Crippen LogP contribution >= 0.6 is 15.9 Å². The van der Waals surface area contributed by atoms with Gasteiger partial charge < -0.3 is 5.32 Å². The molecule has 0 fully saturated rings. The number of rotatable bonds is 8. The summed E-state index contributed by atoms with van der Waals surface area (Å²) in [5.74, 6) is -0.157. The average Bonchev–Trinajstić information content (AvgIpc) is 3.14. The molecule has 10 heteroatoms. The van der Waals surface area contributed by atoms with E-state index in [1.165, 1.54) is 0 Å².